The number of hydrogen-bond acceptors (Lipinski definition) is 4. The third-order valence-electron chi connectivity index (χ3n) is 2.66. The number of hydrogen-bond donors (Lipinski definition) is 1. The average Bonchev–Trinajstić information content (AvgIpc) is 2.89. The Morgan fingerprint density at radius 2 is 2.11 bits per heavy atom. The van der Waals surface area contributed by atoms with E-state index in [1.165, 1.54) is 0 Å². The number of ether oxygens (including phenoxy) is 1. The third kappa shape index (κ3) is 3.55. The maximum atomic E-state index is 6.16. The molecule has 96 valence electrons. The molecule has 2 rings (SSSR count). The van der Waals surface area contributed by atoms with E-state index < -0.39 is 0 Å². The second kappa shape index (κ2) is 6.52. The first-order chi connectivity index (χ1) is 8.79. The zero-order chi connectivity index (χ0) is 12.8. The van der Waals surface area contributed by atoms with E-state index in [9.17, 15) is 0 Å². The summed E-state index contributed by atoms with van der Waals surface area (Å²) in [6.07, 6.45) is 3.62. The molecule has 1 aromatic carbocycles. The van der Waals surface area contributed by atoms with E-state index in [2.05, 4.69) is 11.9 Å². The van der Waals surface area contributed by atoms with Gasteiger partial charge in [-0.25, -0.2) is 4.98 Å². The molecule has 1 unspecified atom stereocenters. The molecule has 1 atom stereocenters. The topological polar surface area (TPSA) is 48.1 Å². The first-order valence-electron chi connectivity index (χ1n) is 6.16. The summed E-state index contributed by atoms with van der Waals surface area (Å²) in [5.74, 6) is 0.905. The Balaban J connectivity index is 1.96. The molecule has 0 saturated carbocycles. The summed E-state index contributed by atoms with van der Waals surface area (Å²) in [7, 11) is 0. The molecule has 0 aliphatic carbocycles. The summed E-state index contributed by atoms with van der Waals surface area (Å²) in [6, 6.07) is 8.02. The summed E-state index contributed by atoms with van der Waals surface area (Å²) < 4.78 is 5.54. The van der Waals surface area contributed by atoms with Gasteiger partial charge in [-0.15, -0.1) is 11.3 Å². The SMILES string of the molecule is CCCOc1ccc(C(N)Cc2nccs2)cc1. The van der Waals surface area contributed by atoms with Gasteiger partial charge in [-0.3, -0.25) is 0 Å². The van der Waals surface area contributed by atoms with Crippen LogP contribution in [0.4, 0.5) is 0 Å². The number of rotatable bonds is 6. The summed E-state index contributed by atoms with van der Waals surface area (Å²) >= 11 is 1.64. The van der Waals surface area contributed by atoms with E-state index >= 15 is 0 Å². The van der Waals surface area contributed by atoms with Gasteiger partial charge in [0.25, 0.3) is 0 Å². The smallest absolute Gasteiger partial charge is 0.119 e. The largest absolute Gasteiger partial charge is 0.494 e. The van der Waals surface area contributed by atoms with E-state index in [-0.39, 0.29) is 6.04 Å². The molecule has 18 heavy (non-hydrogen) atoms. The lowest BCUT2D eigenvalue weighted by Gasteiger charge is -2.11. The predicted molar refractivity (Wildman–Crippen MR) is 75.0 cm³/mol. The van der Waals surface area contributed by atoms with Crippen LogP contribution < -0.4 is 10.5 Å². The zero-order valence-corrected chi connectivity index (χ0v) is 11.3. The normalized spacial score (nSPS) is 12.3. The highest BCUT2D eigenvalue weighted by Crippen LogP contribution is 2.20. The Kier molecular flexibility index (Phi) is 4.73. The molecule has 2 aromatic rings. The van der Waals surface area contributed by atoms with Crippen LogP contribution in [0, 0.1) is 0 Å². The van der Waals surface area contributed by atoms with Crippen LogP contribution in [0.25, 0.3) is 0 Å². The molecule has 0 fully saturated rings. The van der Waals surface area contributed by atoms with Gasteiger partial charge in [0.2, 0.25) is 0 Å². The van der Waals surface area contributed by atoms with Crippen LogP contribution in [-0.2, 0) is 6.42 Å². The Bertz CT molecular complexity index is 453. The van der Waals surface area contributed by atoms with Crippen LogP contribution in [0.5, 0.6) is 5.75 Å². The van der Waals surface area contributed by atoms with Crippen LogP contribution in [0.3, 0.4) is 0 Å². The Morgan fingerprint density at radius 3 is 2.72 bits per heavy atom. The fourth-order valence-electron chi connectivity index (χ4n) is 1.69. The second-order valence-electron chi connectivity index (χ2n) is 4.15. The molecular weight excluding hydrogens is 244 g/mol. The Labute approximate surface area is 112 Å². The maximum Gasteiger partial charge on any atom is 0.119 e. The first-order valence-corrected chi connectivity index (χ1v) is 7.04. The van der Waals surface area contributed by atoms with Crippen LogP contribution in [0.2, 0.25) is 0 Å². The molecule has 1 heterocycles. The highest BCUT2D eigenvalue weighted by molar-refractivity contribution is 7.09. The van der Waals surface area contributed by atoms with Gasteiger partial charge < -0.3 is 10.5 Å². The van der Waals surface area contributed by atoms with Crippen molar-refractivity contribution in [1.82, 2.24) is 4.98 Å². The van der Waals surface area contributed by atoms with Crippen molar-refractivity contribution in [3.05, 3.63) is 46.4 Å². The van der Waals surface area contributed by atoms with Gasteiger partial charge in [0.05, 0.1) is 11.6 Å². The van der Waals surface area contributed by atoms with Gasteiger partial charge >= 0.3 is 0 Å². The van der Waals surface area contributed by atoms with Crippen LogP contribution >= 0.6 is 11.3 Å². The molecule has 1 aromatic heterocycles. The van der Waals surface area contributed by atoms with Crippen molar-refractivity contribution in [2.45, 2.75) is 25.8 Å². The minimum absolute atomic E-state index is 0.00336. The first kappa shape index (κ1) is 13.1. The van der Waals surface area contributed by atoms with Gasteiger partial charge in [0, 0.05) is 24.0 Å². The average molecular weight is 262 g/mol. The lowest BCUT2D eigenvalue weighted by molar-refractivity contribution is 0.317. The van der Waals surface area contributed by atoms with Crippen molar-refractivity contribution >= 4 is 11.3 Å². The number of nitrogens with two attached hydrogens (primary N) is 1. The van der Waals surface area contributed by atoms with Crippen LogP contribution in [-0.4, -0.2) is 11.6 Å². The molecule has 0 spiro atoms. The summed E-state index contributed by atoms with van der Waals surface area (Å²) in [6.45, 7) is 2.85. The van der Waals surface area contributed by atoms with Crippen molar-refractivity contribution in [1.29, 1.82) is 0 Å². The van der Waals surface area contributed by atoms with E-state index in [1.807, 2.05) is 35.8 Å². The van der Waals surface area contributed by atoms with Crippen LogP contribution in [0.1, 0.15) is 30.0 Å². The van der Waals surface area contributed by atoms with E-state index in [1.54, 1.807) is 11.3 Å². The van der Waals surface area contributed by atoms with Gasteiger partial charge in [0.1, 0.15) is 5.75 Å². The Hall–Kier alpha value is -1.39. The van der Waals surface area contributed by atoms with Crippen molar-refractivity contribution in [3.63, 3.8) is 0 Å². The molecule has 0 amide bonds. The van der Waals surface area contributed by atoms with Crippen molar-refractivity contribution < 1.29 is 4.74 Å². The molecular formula is C14H18N2OS. The quantitative estimate of drug-likeness (QED) is 0.869. The summed E-state index contributed by atoms with van der Waals surface area (Å²) in [4.78, 5) is 4.25. The molecule has 3 nitrogen and oxygen atoms in total. The molecule has 0 saturated heterocycles. The van der Waals surface area contributed by atoms with Crippen molar-refractivity contribution in [2.75, 3.05) is 6.61 Å². The van der Waals surface area contributed by atoms with Gasteiger partial charge in [-0.05, 0) is 24.1 Å². The van der Waals surface area contributed by atoms with E-state index in [0.29, 0.717) is 0 Å². The molecule has 0 aliphatic heterocycles. The summed E-state index contributed by atoms with van der Waals surface area (Å²) in [5, 5.41) is 3.05. The molecule has 0 aliphatic rings. The lowest BCUT2D eigenvalue weighted by atomic mass is 10.1. The lowest BCUT2D eigenvalue weighted by Crippen LogP contribution is -2.13. The fraction of sp³-hybridized carbons (Fsp3) is 0.357. The highest BCUT2D eigenvalue weighted by atomic mass is 32.1. The fourth-order valence-corrected chi connectivity index (χ4v) is 2.37. The maximum absolute atomic E-state index is 6.16. The molecule has 4 heteroatoms. The Morgan fingerprint density at radius 1 is 1.33 bits per heavy atom. The van der Waals surface area contributed by atoms with Gasteiger partial charge in [0.15, 0.2) is 0 Å². The zero-order valence-electron chi connectivity index (χ0n) is 10.5. The minimum atomic E-state index is -0.00336. The minimum Gasteiger partial charge on any atom is -0.494 e. The number of aromatic nitrogens is 1. The molecule has 0 bridgehead atoms. The van der Waals surface area contributed by atoms with E-state index in [0.717, 1.165) is 35.8 Å². The third-order valence-corrected chi connectivity index (χ3v) is 3.46. The number of benzene rings is 1. The molecule has 0 radical (unpaired) electrons. The predicted octanol–water partition coefficient (Wildman–Crippen LogP) is 3.17. The van der Waals surface area contributed by atoms with Crippen molar-refractivity contribution in [3.8, 4) is 5.75 Å². The second-order valence-corrected chi connectivity index (χ2v) is 5.13. The van der Waals surface area contributed by atoms with Crippen molar-refractivity contribution in [2.24, 2.45) is 5.73 Å². The van der Waals surface area contributed by atoms with Crippen LogP contribution in [0.15, 0.2) is 35.8 Å². The highest BCUT2D eigenvalue weighted by Gasteiger charge is 2.08. The van der Waals surface area contributed by atoms with Gasteiger partial charge in [-0.1, -0.05) is 19.1 Å². The monoisotopic (exact) mass is 262 g/mol. The van der Waals surface area contributed by atoms with E-state index in [4.69, 9.17) is 10.5 Å². The number of thiazole rings is 1. The molecule has 2 N–H and O–H groups in total. The van der Waals surface area contributed by atoms with Gasteiger partial charge in [-0.2, -0.15) is 0 Å². The summed E-state index contributed by atoms with van der Waals surface area (Å²) in [5.41, 5.74) is 7.28. The standard InChI is InChI=1S/C14H18N2OS/c1-2-8-17-12-5-3-11(4-6-12)13(15)10-14-16-7-9-18-14/h3-7,9,13H,2,8,10,15H2,1H3. The number of nitrogens with zero attached hydrogens (tertiary/aromatic N) is 1.